The molecule has 1 rings (SSSR count). The van der Waals surface area contributed by atoms with Crippen molar-refractivity contribution in [3.05, 3.63) is 0 Å². The van der Waals surface area contributed by atoms with E-state index in [0.717, 1.165) is 18.5 Å². The van der Waals surface area contributed by atoms with Crippen molar-refractivity contribution in [1.29, 1.82) is 0 Å². The highest BCUT2D eigenvalue weighted by Gasteiger charge is 2.17. The van der Waals surface area contributed by atoms with Crippen LogP contribution in [-0.2, 0) is 0 Å². The number of likely N-dealkylation sites (N-methyl/N-ethyl adjacent to an activating group) is 1. The topological polar surface area (TPSA) is 15.3 Å². The molecule has 0 aromatic heterocycles. The van der Waals surface area contributed by atoms with Gasteiger partial charge in [-0.3, -0.25) is 0 Å². The minimum absolute atomic E-state index is 0.662. The highest BCUT2D eigenvalue weighted by atomic mass is 15.1. The molecule has 0 bridgehead atoms. The summed E-state index contributed by atoms with van der Waals surface area (Å²) in [4.78, 5) is 2.42. The van der Waals surface area contributed by atoms with Crippen LogP contribution in [0, 0.1) is 5.92 Å². The molecule has 0 aliphatic heterocycles. The van der Waals surface area contributed by atoms with Crippen molar-refractivity contribution >= 4 is 0 Å². The van der Waals surface area contributed by atoms with E-state index >= 15 is 0 Å². The molecule has 0 aromatic rings. The smallest absolute Gasteiger partial charge is 0.0107 e. The standard InChI is InChI=1S/C15H32N2/c1-5-14-7-6-8-15(10-9-14)16-11-12-17(4)13(2)3/h13-16H,5-12H2,1-4H3. The van der Waals surface area contributed by atoms with Crippen LogP contribution >= 0.6 is 0 Å². The van der Waals surface area contributed by atoms with E-state index in [-0.39, 0.29) is 0 Å². The number of nitrogens with one attached hydrogen (secondary N) is 1. The van der Waals surface area contributed by atoms with Crippen LogP contribution < -0.4 is 5.32 Å². The van der Waals surface area contributed by atoms with E-state index < -0.39 is 0 Å². The zero-order valence-electron chi connectivity index (χ0n) is 12.3. The predicted octanol–water partition coefficient (Wildman–Crippen LogP) is 3.28. The molecule has 0 spiro atoms. The fraction of sp³-hybridized carbons (Fsp3) is 1.00. The normalized spacial score (nSPS) is 26.5. The van der Waals surface area contributed by atoms with Crippen LogP contribution in [0.4, 0.5) is 0 Å². The molecule has 2 heteroatoms. The van der Waals surface area contributed by atoms with E-state index in [0.29, 0.717) is 6.04 Å². The van der Waals surface area contributed by atoms with Gasteiger partial charge in [-0.15, -0.1) is 0 Å². The van der Waals surface area contributed by atoms with Gasteiger partial charge in [-0.1, -0.05) is 26.2 Å². The molecule has 102 valence electrons. The van der Waals surface area contributed by atoms with Gasteiger partial charge in [-0.2, -0.15) is 0 Å². The Balaban J connectivity index is 2.15. The molecule has 0 aromatic carbocycles. The Bertz CT molecular complexity index is 191. The third-order valence-electron chi connectivity index (χ3n) is 4.44. The molecule has 2 nitrogen and oxygen atoms in total. The van der Waals surface area contributed by atoms with Crippen molar-refractivity contribution < 1.29 is 0 Å². The maximum Gasteiger partial charge on any atom is 0.0107 e. The van der Waals surface area contributed by atoms with Gasteiger partial charge in [-0.25, -0.2) is 0 Å². The van der Waals surface area contributed by atoms with Crippen molar-refractivity contribution in [1.82, 2.24) is 10.2 Å². The fourth-order valence-electron chi connectivity index (χ4n) is 2.69. The molecule has 1 saturated carbocycles. The molecule has 1 aliphatic rings. The molecule has 0 saturated heterocycles. The molecule has 17 heavy (non-hydrogen) atoms. The van der Waals surface area contributed by atoms with Gasteiger partial charge < -0.3 is 10.2 Å². The summed E-state index contributed by atoms with van der Waals surface area (Å²) in [5.74, 6) is 1.00. The summed E-state index contributed by atoms with van der Waals surface area (Å²) in [7, 11) is 2.21. The third-order valence-corrected chi connectivity index (χ3v) is 4.44. The lowest BCUT2D eigenvalue weighted by Crippen LogP contribution is -2.38. The Kier molecular flexibility index (Phi) is 7.14. The average molecular weight is 240 g/mol. The van der Waals surface area contributed by atoms with Crippen molar-refractivity contribution in [3.8, 4) is 0 Å². The first-order valence-electron chi connectivity index (χ1n) is 7.57. The second-order valence-corrected chi connectivity index (χ2v) is 6.01. The minimum atomic E-state index is 0.662. The van der Waals surface area contributed by atoms with E-state index in [1.807, 2.05) is 0 Å². The van der Waals surface area contributed by atoms with E-state index in [2.05, 4.69) is 38.0 Å². The minimum Gasteiger partial charge on any atom is -0.313 e. The van der Waals surface area contributed by atoms with Crippen LogP contribution in [0.15, 0.2) is 0 Å². The van der Waals surface area contributed by atoms with Crippen LogP contribution in [0.5, 0.6) is 0 Å². The Morgan fingerprint density at radius 1 is 1.18 bits per heavy atom. The molecule has 2 atom stereocenters. The zero-order chi connectivity index (χ0) is 12.7. The maximum atomic E-state index is 3.75. The van der Waals surface area contributed by atoms with Crippen LogP contribution in [0.2, 0.25) is 0 Å². The first-order chi connectivity index (χ1) is 8.13. The van der Waals surface area contributed by atoms with Crippen LogP contribution in [-0.4, -0.2) is 37.1 Å². The van der Waals surface area contributed by atoms with Gasteiger partial charge >= 0.3 is 0 Å². The third kappa shape index (κ3) is 5.87. The SMILES string of the molecule is CCC1CCCC(NCCN(C)C(C)C)CC1. The Morgan fingerprint density at radius 2 is 1.94 bits per heavy atom. The summed E-state index contributed by atoms with van der Waals surface area (Å²) in [6, 6.07) is 1.45. The zero-order valence-corrected chi connectivity index (χ0v) is 12.3. The van der Waals surface area contributed by atoms with Crippen LogP contribution in [0.1, 0.15) is 59.3 Å². The van der Waals surface area contributed by atoms with Gasteiger partial charge in [-0.05, 0) is 46.1 Å². The maximum absolute atomic E-state index is 3.75. The first kappa shape index (κ1) is 15.0. The number of rotatable bonds is 6. The number of nitrogens with zero attached hydrogens (tertiary/aromatic N) is 1. The van der Waals surface area contributed by atoms with Gasteiger partial charge in [0.25, 0.3) is 0 Å². The van der Waals surface area contributed by atoms with Gasteiger partial charge in [0.1, 0.15) is 0 Å². The molecule has 1 aliphatic carbocycles. The number of hydrogen-bond acceptors (Lipinski definition) is 2. The lowest BCUT2D eigenvalue weighted by atomic mass is 9.98. The largest absolute Gasteiger partial charge is 0.313 e. The predicted molar refractivity (Wildman–Crippen MR) is 76.4 cm³/mol. The quantitative estimate of drug-likeness (QED) is 0.717. The summed E-state index contributed by atoms with van der Waals surface area (Å²) in [5.41, 5.74) is 0. The fourth-order valence-corrected chi connectivity index (χ4v) is 2.69. The molecule has 2 unspecified atom stereocenters. The van der Waals surface area contributed by atoms with E-state index in [9.17, 15) is 0 Å². The van der Waals surface area contributed by atoms with Gasteiger partial charge in [0, 0.05) is 25.2 Å². The van der Waals surface area contributed by atoms with Crippen molar-refractivity contribution in [2.24, 2.45) is 5.92 Å². The second kappa shape index (κ2) is 8.10. The Labute approximate surface area is 108 Å². The van der Waals surface area contributed by atoms with Crippen LogP contribution in [0.3, 0.4) is 0 Å². The van der Waals surface area contributed by atoms with Crippen molar-refractivity contribution in [3.63, 3.8) is 0 Å². The molecular weight excluding hydrogens is 208 g/mol. The number of hydrogen-bond donors (Lipinski definition) is 1. The Hall–Kier alpha value is -0.0800. The first-order valence-corrected chi connectivity index (χ1v) is 7.57. The van der Waals surface area contributed by atoms with Crippen molar-refractivity contribution in [2.75, 3.05) is 20.1 Å². The molecule has 0 amide bonds. The van der Waals surface area contributed by atoms with E-state index in [1.54, 1.807) is 0 Å². The van der Waals surface area contributed by atoms with Gasteiger partial charge in [0.05, 0.1) is 0 Å². The van der Waals surface area contributed by atoms with Gasteiger partial charge in [0.15, 0.2) is 0 Å². The summed E-state index contributed by atoms with van der Waals surface area (Å²) < 4.78 is 0. The van der Waals surface area contributed by atoms with Gasteiger partial charge in [0.2, 0.25) is 0 Å². The lowest BCUT2D eigenvalue weighted by molar-refractivity contribution is 0.266. The second-order valence-electron chi connectivity index (χ2n) is 6.01. The highest BCUT2D eigenvalue weighted by molar-refractivity contribution is 4.75. The summed E-state index contributed by atoms with van der Waals surface area (Å²) in [5, 5.41) is 3.75. The van der Waals surface area contributed by atoms with Crippen molar-refractivity contribution in [2.45, 2.75) is 71.4 Å². The average Bonchev–Trinajstić information content (AvgIpc) is 2.54. The van der Waals surface area contributed by atoms with Crippen LogP contribution in [0.25, 0.3) is 0 Å². The molecule has 0 radical (unpaired) electrons. The lowest BCUT2D eigenvalue weighted by Gasteiger charge is -2.23. The highest BCUT2D eigenvalue weighted by Crippen LogP contribution is 2.25. The van der Waals surface area contributed by atoms with E-state index in [4.69, 9.17) is 0 Å². The summed E-state index contributed by atoms with van der Waals surface area (Å²) in [6.07, 6.45) is 8.49. The Morgan fingerprint density at radius 3 is 2.59 bits per heavy atom. The van der Waals surface area contributed by atoms with E-state index in [1.165, 1.54) is 45.1 Å². The molecule has 0 heterocycles. The monoisotopic (exact) mass is 240 g/mol. The summed E-state index contributed by atoms with van der Waals surface area (Å²) in [6.45, 7) is 9.19. The molecule has 1 fully saturated rings. The molecular formula is C15H32N2. The molecule has 1 N–H and O–H groups in total. The summed E-state index contributed by atoms with van der Waals surface area (Å²) >= 11 is 0.